The molecular weight excluding hydrogens is 584 g/mol. The lowest BCUT2D eigenvalue weighted by Gasteiger charge is -2.36. The van der Waals surface area contributed by atoms with Crippen LogP contribution in [0.1, 0.15) is 35.5 Å². The van der Waals surface area contributed by atoms with Gasteiger partial charge in [0.1, 0.15) is 11.5 Å². The molecule has 3 atom stereocenters. The van der Waals surface area contributed by atoms with Crippen LogP contribution in [-0.4, -0.2) is 23.0 Å². The van der Waals surface area contributed by atoms with E-state index >= 15 is 0 Å². The molecule has 0 aliphatic carbocycles. The molecule has 5 aromatic rings. The molecule has 8 heteroatoms. The smallest absolute Gasteiger partial charge is 0.323 e. The summed E-state index contributed by atoms with van der Waals surface area (Å²) in [5.74, 6) is 2.21. The van der Waals surface area contributed by atoms with Crippen LogP contribution < -0.4 is 15.4 Å². The molecule has 1 saturated heterocycles. The van der Waals surface area contributed by atoms with Gasteiger partial charge in [0.15, 0.2) is 6.29 Å². The van der Waals surface area contributed by atoms with E-state index in [4.69, 9.17) is 14.2 Å². The second kappa shape index (κ2) is 14.9. The second-order valence-electron chi connectivity index (χ2n) is 10.6. The van der Waals surface area contributed by atoms with Gasteiger partial charge < -0.3 is 30.0 Å². The van der Waals surface area contributed by atoms with E-state index in [1.807, 2.05) is 109 Å². The van der Waals surface area contributed by atoms with Crippen molar-refractivity contribution in [1.29, 1.82) is 0 Å². The zero-order chi connectivity index (χ0) is 30.8. The average molecular weight is 619 g/mol. The van der Waals surface area contributed by atoms with Crippen LogP contribution in [-0.2, 0) is 16.1 Å². The monoisotopic (exact) mass is 618 g/mol. The minimum Gasteiger partial charge on any atom is -0.457 e. The molecule has 0 aromatic heterocycles. The molecule has 3 N–H and O–H groups in total. The van der Waals surface area contributed by atoms with Gasteiger partial charge in [0.05, 0.1) is 18.8 Å². The maximum absolute atomic E-state index is 12.7. The number of benzene rings is 5. The van der Waals surface area contributed by atoms with E-state index in [0.29, 0.717) is 23.5 Å². The molecule has 2 amide bonds. The Kier molecular flexibility index (Phi) is 10.1. The maximum atomic E-state index is 12.7. The van der Waals surface area contributed by atoms with E-state index in [9.17, 15) is 9.90 Å². The highest BCUT2D eigenvalue weighted by Crippen LogP contribution is 2.39. The van der Waals surface area contributed by atoms with Crippen LogP contribution in [0.25, 0.3) is 0 Å². The Morgan fingerprint density at radius 3 is 1.93 bits per heavy atom. The van der Waals surface area contributed by atoms with Gasteiger partial charge in [0.2, 0.25) is 0 Å². The summed E-state index contributed by atoms with van der Waals surface area (Å²) in [6.07, 6.45) is -0.0499. The molecule has 0 unspecified atom stereocenters. The van der Waals surface area contributed by atoms with Gasteiger partial charge in [0.25, 0.3) is 0 Å². The molecule has 6 rings (SSSR count). The lowest BCUT2D eigenvalue weighted by atomic mass is 10.0. The van der Waals surface area contributed by atoms with Crippen LogP contribution in [0.5, 0.6) is 11.5 Å². The Hall–Kier alpha value is -4.60. The number of aliphatic hydroxyl groups excluding tert-OH is 1. The van der Waals surface area contributed by atoms with Crippen LogP contribution >= 0.6 is 11.8 Å². The summed E-state index contributed by atoms with van der Waals surface area (Å²) in [4.78, 5) is 13.9. The molecule has 5 aromatic carbocycles. The molecule has 1 fully saturated rings. The fraction of sp³-hybridized carbons (Fsp3) is 0.162. The lowest BCUT2D eigenvalue weighted by molar-refractivity contribution is -0.245. The number of anilines is 2. The van der Waals surface area contributed by atoms with E-state index in [1.165, 1.54) is 4.90 Å². The Labute approximate surface area is 267 Å². The number of amides is 2. The highest BCUT2D eigenvalue weighted by Gasteiger charge is 2.32. The summed E-state index contributed by atoms with van der Waals surface area (Å²) >= 11 is 1.76. The summed E-state index contributed by atoms with van der Waals surface area (Å²) in [7, 11) is 0. The van der Waals surface area contributed by atoms with Crippen molar-refractivity contribution in [2.75, 3.05) is 16.4 Å². The van der Waals surface area contributed by atoms with Crippen molar-refractivity contribution >= 4 is 29.2 Å². The van der Waals surface area contributed by atoms with Crippen LogP contribution in [0, 0.1) is 0 Å². The maximum Gasteiger partial charge on any atom is 0.323 e. The minimum atomic E-state index is -0.567. The van der Waals surface area contributed by atoms with Crippen molar-refractivity contribution in [2.24, 2.45) is 0 Å². The van der Waals surface area contributed by atoms with E-state index in [0.717, 1.165) is 28.2 Å². The molecule has 45 heavy (non-hydrogen) atoms. The fourth-order valence-electron chi connectivity index (χ4n) is 4.98. The predicted molar refractivity (Wildman–Crippen MR) is 178 cm³/mol. The molecule has 0 spiro atoms. The van der Waals surface area contributed by atoms with Crippen LogP contribution in [0.15, 0.2) is 138 Å². The van der Waals surface area contributed by atoms with Gasteiger partial charge in [-0.1, -0.05) is 72.8 Å². The number of thioether (sulfide) groups is 1. The summed E-state index contributed by atoms with van der Waals surface area (Å²) in [6.45, 7) is 0.00226. The van der Waals surface area contributed by atoms with E-state index in [-0.39, 0.29) is 24.8 Å². The molecular formula is C37H34N2O5S. The molecule has 1 aliphatic rings. The van der Waals surface area contributed by atoms with Crippen LogP contribution in [0.2, 0.25) is 0 Å². The molecule has 1 aliphatic heterocycles. The summed E-state index contributed by atoms with van der Waals surface area (Å²) in [5, 5.41) is 15.2. The van der Waals surface area contributed by atoms with Gasteiger partial charge >= 0.3 is 6.03 Å². The average Bonchev–Trinajstić information content (AvgIpc) is 3.09. The van der Waals surface area contributed by atoms with Crippen molar-refractivity contribution in [2.45, 2.75) is 36.4 Å². The van der Waals surface area contributed by atoms with Crippen molar-refractivity contribution in [3.63, 3.8) is 0 Å². The van der Waals surface area contributed by atoms with Crippen molar-refractivity contribution in [3.05, 3.63) is 150 Å². The Bertz CT molecular complexity index is 1650. The number of aliphatic hydroxyl groups is 1. The number of ether oxygens (including phenoxy) is 3. The number of nitrogens with one attached hydrogen (secondary N) is 2. The van der Waals surface area contributed by atoms with Gasteiger partial charge in [0, 0.05) is 34.0 Å². The van der Waals surface area contributed by atoms with Crippen LogP contribution in [0.4, 0.5) is 16.2 Å². The van der Waals surface area contributed by atoms with Gasteiger partial charge in [-0.25, -0.2) is 4.79 Å². The molecule has 7 nitrogen and oxygen atoms in total. The molecule has 228 valence electrons. The predicted octanol–water partition coefficient (Wildman–Crippen LogP) is 8.95. The molecule has 0 bridgehead atoms. The molecule has 0 saturated carbocycles. The Morgan fingerprint density at radius 1 is 0.711 bits per heavy atom. The topological polar surface area (TPSA) is 89.1 Å². The number of hydrogen-bond donors (Lipinski definition) is 3. The van der Waals surface area contributed by atoms with Crippen molar-refractivity contribution in [3.8, 4) is 11.5 Å². The highest BCUT2D eigenvalue weighted by molar-refractivity contribution is 7.99. The SMILES string of the molecule is O=C(Nc1ccc(Oc2ccccc2)cc1)Nc1ccc([C@H]2O[C@@H](CSc3ccccc3)C[C@@H](c3ccc(CO)cc3)O2)cc1. The first-order valence-corrected chi connectivity index (χ1v) is 15.8. The number of urea groups is 1. The minimum absolute atomic E-state index is 0.00226. The molecule has 1 heterocycles. The van der Waals surface area contributed by atoms with Crippen molar-refractivity contribution < 1.29 is 24.1 Å². The quantitative estimate of drug-likeness (QED) is 0.135. The lowest BCUT2D eigenvalue weighted by Crippen LogP contribution is -2.31. The molecule has 0 radical (unpaired) electrons. The summed E-state index contributed by atoms with van der Waals surface area (Å²) < 4.78 is 18.7. The Balaban J connectivity index is 1.08. The number of carbonyl (C=O) groups is 1. The van der Waals surface area contributed by atoms with E-state index < -0.39 is 6.29 Å². The van der Waals surface area contributed by atoms with E-state index in [2.05, 4.69) is 22.8 Å². The normalized spacial score (nSPS) is 17.8. The number of para-hydroxylation sites is 1. The van der Waals surface area contributed by atoms with Gasteiger partial charge in [-0.05, 0) is 71.8 Å². The fourth-order valence-corrected chi connectivity index (χ4v) is 5.92. The van der Waals surface area contributed by atoms with E-state index in [1.54, 1.807) is 23.9 Å². The Morgan fingerprint density at radius 2 is 1.29 bits per heavy atom. The standard InChI is InChI=1S/C37H34N2O5S/c40-24-26-11-13-27(14-12-26)35-23-33(25-45-34-9-5-2-6-10-34)43-36(44-35)28-15-17-29(18-16-28)38-37(41)39-30-19-21-32(22-20-30)42-31-7-3-1-4-8-31/h1-22,33,35-36,40H,23-25H2,(H2,38,39,41)/t33-,35+,36+/m1/s1. The van der Waals surface area contributed by atoms with Crippen LogP contribution in [0.3, 0.4) is 0 Å². The van der Waals surface area contributed by atoms with Crippen molar-refractivity contribution in [1.82, 2.24) is 0 Å². The first-order valence-electron chi connectivity index (χ1n) is 14.8. The number of rotatable bonds is 10. The third-order valence-electron chi connectivity index (χ3n) is 7.33. The summed E-state index contributed by atoms with van der Waals surface area (Å²) in [5.41, 5.74) is 4.06. The first kappa shape index (κ1) is 30.4. The van der Waals surface area contributed by atoms with Gasteiger partial charge in [-0.2, -0.15) is 0 Å². The third kappa shape index (κ3) is 8.53. The second-order valence-corrected chi connectivity index (χ2v) is 11.7. The third-order valence-corrected chi connectivity index (χ3v) is 8.47. The highest BCUT2D eigenvalue weighted by atomic mass is 32.2. The zero-order valence-electron chi connectivity index (χ0n) is 24.5. The van der Waals surface area contributed by atoms with Gasteiger partial charge in [-0.15, -0.1) is 11.8 Å². The summed E-state index contributed by atoms with van der Waals surface area (Å²) in [6, 6.07) is 42.0. The van der Waals surface area contributed by atoms with Gasteiger partial charge in [-0.3, -0.25) is 0 Å². The first-order chi connectivity index (χ1) is 22.1. The number of hydrogen-bond acceptors (Lipinski definition) is 6. The largest absolute Gasteiger partial charge is 0.457 e. The number of carbonyl (C=O) groups excluding carboxylic acids is 1. The zero-order valence-corrected chi connectivity index (χ0v) is 25.4.